The molecular formula is C12H23NO2. The third-order valence-electron chi connectivity index (χ3n) is 4.30. The van der Waals surface area contributed by atoms with Crippen LogP contribution in [0.5, 0.6) is 0 Å². The third kappa shape index (κ3) is 1.71. The van der Waals surface area contributed by atoms with Gasteiger partial charge in [0.15, 0.2) is 0 Å². The van der Waals surface area contributed by atoms with Gasteiger partial charge in [0.25, 0.3) is 0 Å². The fourth-order valence-electron chi connectivity index (χ4n) is 3.55. The zero-order valence-corrected chi connectivity index (χ0v) is 9.84. The van der Waals surface area contributed by atoms with E-state index in [2.05, 4.69) is 19.2 Å². The second-order valence-corrected chi connectivity index (χ2v) is 6.27. The van der Waals surface area contributed by atoms with E-state index in [9.17, 15) is 10.2 Å². The predicted molar refractivity (Wildman–Crippen MR) is 59.6 cm³/mol. The first-order chi connectivity index (χ1) is 6.93. The topological polar surface area (TPSA) is 52.5 Å². The lowest BCUT2D eigenvalue weighted by Gasteiger charge is -2.60. The molecule has 0 spiro atoms. The maximum absolute atomic E-state index is 10.6. The van der Waals surface area contributed by atoms with Gasteiger partial charge in [0.05, 0.1) is 12.2 Å². The Morgan fingerprint density at radius 3 is 2.33 bits per heavy atom. The van der Waals surface area contributed by atoms with Gasteiger partial charge in [-0.2, -0.15) is 0 Å². The molecule has 3 nitrogen and oxygen atoms in total. The van der Waals surface area contributed by atoms with E-state index in [-0.39, 0.29) is 17.4 Å². The van der Waals surface area contributed by atoms with Gasteiger partial charge in [0, 0.05) is 12.0 Å². The molecule has 1 aliphatic carbocycles. The Bertz CT molecular complexity index is 236. The van der Waals surface area contributed by atoms with Crippen LogP contribution in [0.1, 0.15) is 39.5 Å². The summed E-state index contributed by atoms with van der Waals surface area (Å²) >= 11 is 0. The molecule has 0 aromatic carbocycles. The molecular weight excluding hydrogens is 190 g/mol. The van der Waals surface area contributed by atoms with Gasteiger partial charge in [-0.1, -0.05) is 13.8 Å². The summed E-state index contributed by atoms with van der Waals surface area (Å²) < 4.78 is 0. The predicted octanol–water partition coefficient (Wildman–Crippen LogP) is 0.900. The molecule has 3 N–H and O–H groups in total. The highest BCUT2D eigenvalue weighted by Crippen LogP contribution is 2.57. The molecule has 1 heterocycles. The summed E-state index contributed by atoms with van der Waals surface area (Å²) in [6.07, 6.45) is 3.65. The second-order valence-electron chi connectivity index (χ2n) is 6.27. The van der Waals surface area contributed by atoms with Crippen molar-refractivity contribution in [3.05, 3.63) is 0 Å². The SMILES string of the molecule is CC1(C)CC(O)(C2(CO)CCCNC2)C1. The van der Waals surface area contributed by atoms with Crippen LogP contribution < -0.4 is 5.32 Å². The van der Waals surface area contributed by atoms with Crippen molar-refractivity contribution in [2.45, 2.75) is 45.1 Å². The second kappa shape index (κ2) is 3.44. The number of hydrogen-bond acceptors (Lipinski definition) is 3. The molecule has 1 saturated heterocycles. The van der Waals surface area contributed by atoms with Gasteiger partial charge in [0.1, 0.15) is 0 Å². The molecule has 2 rings (SSSR count). The first kappa shape index (κ1) is 11.4. The molecule has 1 aliphatic heterocycles. The molecule has 0 radical (unpaired) electrons. The van der Waals surface area contributed by atoms with E-state index < -0.39 is 5.60 Å². The van der Waals surface area contributed by atoms with Crippen molar-refractivity contribution in [1.29, 1.82) is 0 Å². The van der Waals surface area contributed by atoms with E-state index in [0.29, 0.717) is 0 Å². The zero-order chi connectivity index (χ0) is 11.2. The van der Waals surface area contributed by atoms with E-state index in [4.69, 9.17) is 0 Å². The molecule has 1 atom stereocenters. The van der Waals surface area contributed by atoms with Crippen LogP contribution in [0.25, 0.3) is 0 Å². The Hall–Kier alpha value is -0.120. The van der Waals surface area contributed by atoms with Crippen LogP contribution in [-0.2, 0) is 0 Å². The summed E-state index contributed by atoms with van der Waals surface area (Å²) in [5, 5.41) is 23.5. The highest BCUT2D eigenvalue weighted by atomic mass is 16.3. The Morgan fingerprint density at radius 2 is 1.93 bits per heavy atom. The summed E-state index contributed by atoms with van der Waals surface area (Å²) in [6, 6.07) is 0. The first-order valence-electron chi connectivity index (χ1n) is 5.97. The Morgan fingerprint density at radius 1 is 1.27 bits per heavy atom. The largest absolute Gasteiger partial charge is 0.396 e. The number of aliphatic hydroxyl groups is 2. The average Bonchev–Trinajstić information content (AvgIpc) is 2.15. The molecule has 1 saturated carbocycles. The minimum absolute atomic E-state index is 0.104. The molecule has 88 valence electrons. The van der Waals surface area contributed by atoms with E-state index >= 15 is 0 Å². The first-order valence-corrected chi connectivity index (χ1v) is 5.97. The lowest BCUT2D eigenvalue weighted by molar-refractivity contribution is -0.212. The van der Waals surface area contributed by atoms with E-state index in [1.54, 1.807) is 0 Å². The molecule has 1 unspecified atom stereocenters. The van der Waals surface area contributed by atoms with E-state index in [0.717, 1.165) is 38.8 Å². The third-order valence-corrected chi connectivity index (χ3v) is 4.30. The molecule has 3 heteroatoms. The van der Waals surface area contributed by atoms with Gasteiger partial charge >= 0.3 is 0 Å². The van der Waals surface area contributed by atoms with Crippen molar-refractivity contribution in [3.8, 4) is 0 Å². The van der Waals surface area contributed by atoms with Crippen molar-refractivity contribution in [2.75, 3.05) is 19.7 Å². The van der Waals surface area contributed by atoms with Crippen molar-refractivity contribution < 1.29 is 10.2 Å². The van der Waals surface area contributed by atoms with Gasteiger partial charge in [-0.3, -0.25) is 0 Å². The highest BCUT2D eigenvalue weighted by Gasteiger charge is 2.60. The van der Waals surface area contributed by atoms with Crippen LogP contribution in [-0.4, -0.2) is 35.5 Å². The van der Waals surface area contributed by atoms with Gasteiger partial charge in [-0.25, -0.2) is 0 Å². The van der Waals surface area contributed by atoms with Gasteiger partial charge in [-0.15, -0.1) is 0 Å². The average molecular weight is 213 g/mol. The summed E-state index contributed by atoms with van der Waals surface area (Å²) in [5.41, 5.74) is -0.687. The van der Waals surface area contributed by atoms with Crippen LogP contribution in [0.2, 0.25) is 0 Å². The molecule has 0 amide bonds. The number of hydrogen-bond donors (Lipinski definition) is 3. The molecule has 15 heavy (non-hydrogen) atoms. The van der Waals surface area contributed by atoms with Crippen LogP contribution in [0, 0.1) is 10.8 Å². The Balaban J connectivity index is 2.12. The van der Waals surface area contributed by atoms with E-state index in [1.807, 2.05) is 0 Å². The summed E-state index contributed by atoms with van der Waals surface area (Å²) in [7, 11) is 0. The van der Waals surface area contributed by atoms with Crippen molar-refractivity contribution in [2.24, 2.45) is 10.8 Å². The number of nitrogens with one attached hydrogen (secondary N) is 1. The quantitative estimate of drug-likeness (QED) is 0.639. The minimum Gasteiger partial charge on any atom is -0.396 e. The summed E-state index contributed by atoms with van der Waals surface area (Å²) in [5.74, 6) is 0. The summed E-state index contributed by atoms with van der Waals surface area (Å²) in [4.78, 5) is 0. The fourth-order valence-corrected chi connectivity index (χ4v) is 3.55. The van der Waals surface area contributed by atoms with Crippen molar-refractivity contribution >= 4 is 0 Å². The van der Waals surface area contributed by atoms with Gasteiger partial charge in [0.2, 0.25) is 0 Å². The Labute approximate surface area is 91.9 Å². The normalized spacial score (nSPS) is 38.4. The lowest BCUT2D eigenvalue weighted by atomic mass is 9.50. The number of rotatable bonds is 2. The molecule has 2 aliphatic rings. The van der Waals surface area contributed by atoms with Crippen LogP contribution >= 0.6 is 0 Å². The summed E-state index contributed by atoms with van der Waals surface area (Å²) in [6.45, 7) is 6.25. The zero-order valence-electron chi connectivity index (χ0n) is 9.84. The molecule has 0 aromatic rings. The van der Waals surface area contributed by atoms with Crippen molar-refractivity contribution in [1.82, 2.24) is 5.32 Å². The molecule has 0 bridgehead atoms. The van der Waals surface area contributed by atoms with Crippen molar-refractivity contribution in [3.63, 3.8) is 0 Å². The maximum atomic E-state index is 10.6. The monoisotopic (exact) mass is 213 g/mol. The Kier molecular flexibility index (Phi) is 2.61. The standard InChI is InChI=1S/C12H23NO2/c1-10(2)6-12(15,7-10)11(9-14)4-3-5-13-8-11/h13-15H,3-9H2,1-2H3. The highest BCUT2D eigenvalue weighted by molar-refractivity contribution is 5.11. The maximum Gasteiger partial charge on any atom is 0.0748 e. The van der Waals surface area contributed by atoms with E-state index in [1.165, 1.54) is 0 Å². The van der Waals surface area contributed by atoms with Gasteiger partial charge in [-0.05, 0) is 37.6 Å². The lowest BCUT2D eigenvalue weighted by Crippen LogP contribution is -2.65. The molecule has 2 fully saturated rings. The van der Waals surface area contributed by atoms with Crippen LogP contribution in [0.3, 0.4) is 0 Å². The number of aliphatic hydroxyl groups excluding tert-OH is 1. The van der Waals surface area contributed by atoms with Gasteiger partial charge < -0.3 is 15.5 Å². The fraction of sp³-hybridized carbons (Fsp3) is 1.00. The molecule has 0 aromatic heterocycles. The minimum atomic E-state index is -0.640. The van der Waals surface area contributed by atoms with Crippen LogP contribution in [0.4, 0.5) is 0 Å². The smallest absolute Gasteiger partial charge is 0.0748 e. The van der Waals surface area contributed by atoms with Crippen LogP contribution in [0.15, 0.2) is 0 Å². The number of piperidine rings is 1.